The fourth-order valence-corrected chi connectivity index (χ4v) is 2.01. The highest BCUT2D eigenvalue weighted by Crippen LogP contribution is 2.32. The van der Waals surface area contributed by atoms with Gasteiger partial charge < -0.3 is 9.47 Å². The minimum absolute atomic E-state index is 0.00814. The summed E-state index contributed by atoms with van der Waals surface area (Å²) in [5.41, 5.74) is 0. The van der Waals surface area contributed by atoms with Crippen molar-refractivity contribution in [3.8, 4) is 0 Å². The van der Waals surface area contributed by atoms with Gasteiger partial charge in [0.1, 0.15) is 6.10 Å². The topological polar surface area (TPSA) is 18.5 Å². The van der Waals surface area contributed by atoms with Gasteiger partial charge in [0.05, 0.1) is 11.5 Å². The average Bonchev–Trinajstić information content (AvgIpc) is 2.17. The number of hydrogen-bond donors (Lipinski definition) is 0. The van der Waals surface area contributed by atoms with Crippen molar-refractivity contribution in [1.82, 2.24) is 0 Å². The smallest absolute Gasteiger partial charge is 0.375 e. The van der Waals surface area contributed by atoms with E-state index in [0.717, 1.165) is 0 Å². The van der Waals surface area contributed by atoms with Crippen molar-refractivity contribution in [2.45, 2.75) is 49.9 Å². The molecule has 0 aromatic rings. The predicted octanol–water partition coefficient (Wildman–Crippen LogP) is 3.13. The molecular formula is C10H16ClF3O2. The van der Waals surface area contributed by atoms with Crippen molar-refractivity contribution in [1.29, 1.82) is 0 Å². The summed E-state index contributed by atoms with van der Waals surface area (Å²) in [6.45, 7) is 2.50. The molecule has 0 aromatic carbocycles. The zero-order valence-electron chi connectivity index (χ0n) is 9.10. The first-order valence-corrected chi connectivity index (χ1v) is 5.81. The number of alkyl halides is 4. The van der Waals surface area contributed by atoms with Gasteiger partial charge in [0.25, 0.3) is 0 Å². The first-order chi connectivity index (χ1) is 7.44. The Morgan fingerprint density at radius 2 is 2.00 bits per heavy atom. The highest BCUT2D eigenvalue weighted by molar-refractivity contribution is 6.21. The van der Waals surface area contributed by atoms with Gasteiger partial charge in [-0.1, -0.05) is 0 Å². The van der Waals surface area contributed by atoms with Crippen molar-refractivity contribution in [3.63, 3.8) is 0 Å². The van der Waals surface area contributed by atoms with Gasteiger partial charge in [0, 0.05) is 19.6 Å². The second-order valence-corrected chi connectivity index (χ2v) is 4.36. The summed E-state index contributed by atoms with van der Waals surface area (Å²) in [6.07, 6.45) is -4.57. The summed E-state index contributed by atoms with van der Waals surface area (Å²) in [7, 11) is 0. The van der Waals surface area contributed by atoms with E-state index >= 15 is 0 Å². The molecule has 0 spiro atoms. The van der Waals surface area contributed by atoms with E-state index < -0.39 is 12.6 Å². The van der Waals surface area contributed by atoms with Gasteiger partial charge in [-0.15, -0.1) is 11.6 Å². The third kappa shape index (κ3) is 4.47. The average molecular weight is 261 g/mol. The Hall–Kier alpha value is -0.0000000000000000555. The van der Waals surface area contributed by atoms with Crippen LogP contribution in [0.3, 0.4) is 0 Å². The van der Waals surface area contributed by atoms with E-state index in [1.165, 1.54) is 0 Å². The Balaban J connectivity index is 2.10. The molecule has 0 radical (unpaired) electrons. The lowest BCUT2D eigenvalue weighted by Gasteiger charge is -2.40. The molecule has 2 nitrogen and oxygen atoms in total. The third-order valence-electron chi connectivity index (χ3n) is 2.48. The van der Waals surface area contributed by atoms with Crippen LogP contribution >= 0.6 is 11.6 Å². The van der Waals surface area contributed by atoms with E-state index in [4.69, 9.17) is 21.1 Å². The van der Waals surface area contributed by atoms with Crippen molar-refractivity contribution in [2.75, 3.05) is 13.2 Å². The number of hydrogen-bond acceptors (Lipinski definition) is 2. The molecule has 3 unspecified atom stereocenters. The van der Waals surface area contributed by atoms with Gasteiger partial charge in [-0.05, 0) is 19.8 Å². The van der Waals surface area contributed by atoms with Crippen LogP contribution in [0.5, 0.6) is 0 Å². The lowest BCUT2D eigenvalue weighted by Crippen LogP contribution is -2.51. The van der Waals surface area contributed by atoms with Crippen LogP contribution in [0.2, 0.25) is 0 Å². The van der Waals surface area contributed by atoms with Crippen LogP contribution in [0.25, 0.3) is 0 Å². The molecule has 6 heteroatoms. The Morgan fingerprint density at radius 3 is 2.50 bits per heavy atom. The van der Waals surface area contributed by atoms with E-state index in [-0.39, 0.29) is 30.6 Å². The fourth-order valence-electron chi connectivity index (χ4n) is 1.60. The monoisotopic (exact) mass is 260 g/mol. The quantitative estimate of drug-likeness (QED) is 0.540. The van der Waals surface area contributed by atoms with Crippen LogP contribution in [0, 0.1) is 0 Å². The normalized spacial score (nSPS) is 30.2. The maximum Gasteiger partial charge on any atom is 0.389 e. The first-order valence-electron chi connectivity index (χ1n) is 5.38. The Bertz CT molecular complexity index is 211. The summed E-state index contributed by atoms with van der Waals surface area (Å²) >= 11 is 5.89. The zero-order valence-corrected chi connectivity index (χ0v) is 9.85. The van der Waals surface area contributed by atoms with Gasteiger partial charge in [-0.25, -0.2) is 0 Å². The van der Waals surface area contributed by atoms with Gasteiger partial charge in [-0.2, -0.15) is 13.2 Å². The second-order valence-electron chi connectivity index (χ2n) is 3.80. The number of halogens is 4. The molecule has 96 valence electrons. The summed E-state index contributed by atoms with van der Waals surface area (Å²) in [5, 5.41) is -0.0763. The predicted molar refractivity (Wildman–Crippen MR) is 54.7 cm³/mol. The van der Waals surface area contributed by atoms with E-state index in [2.05, 4.69) is 0 Å². The molecule has 3 atom stereocenters. The molecule has 16 heavy (non-hydrogen) atoms. The molecule has 0 amide bonds. The van der Waals surface area contributed by atoms with Crippen LogP contribution in [-0.4, -0.2) is 37.0 Å². The lowest BCUT2D eigenvalue weighted by molar-refractivity contribution is -0.148. The second kappa shape index (κ2) is 6.07. The van der Waals surface area contributed by atoms with Crippen LogP contribution < -0.4 is 0 Å². The van der Waals surface area contributed by atoms with Crippen molar-refractivity contribution < 1.29 is 22.6 Å². The van der Waals surface area contributed by atoms with Crippen molar-refractivity contribution in [2.24, 2.45) is 0 Å². The third-order valence-corrected chi connectivity index (χ3v) is 2.90. The Morgan fingerprint density at radius 1 is 1.31 bits per heavy atom. The fraction of sp³-hybridized carbons (Fsp3) is 1.00. The molecule has 1 rings (SSSR count). The maximum absolute atomic E-state index is 11.8. The minimum atomic E-state index is -4.10. The van der Waals surface area contributed by atoms with Crippen molar-refractivity contribution >= 4 is 11.6 Å². The molecule has 1 aliphatic carbocycles. The molecule has 1 fully saturated rings. The van der Waals surface area contributed by atoms with Gasteiger partial charge in [0.15, 0.2) is 0 Å². The molecule has 0 N–H and O–H groups in total. The van der Waals surface area contributed by atoms with E-state index in [0.29, 0.717) is 13.0 Å². The van der Waals surface area contributed by atoms with Crippen LogP contribution in [-0.2, 0) is 9.47 Å². The molecule has 0 heterocycles. The van der Waals surface area contributed by atoms with Gasteiger partial charge in [-0.3, -0.25) is 0 Å². The highest BCUT2D eigenvalue weighted by atomic mass is 35.5. The highest BCUT2D eigenvalue weighted by Gasteiger charge is 2.41. The number of ether oxygens (including phenoxy) is 2. The zero-order chi connectivity index (χ0) is 12.2. The van der Waals surface area contributed by atoms with Crippen LogP contribution in [0.1, 0.15) is 26.2 Å². The number of rotatable bonds is 6. The van der Waals surface area contributed by atoms with Gasteiger partial charge in [0.2, 0.25) is 0 Å². The first kappa shape index (κ1) is 14.1. The van der Waals surface area contributed by atoms with Crippen molar-refractivity contribution in [3.05, 3.63) is 0 Å². The van der Waals surface area contributed by atoms with E-state index in [1.54, 1.807) is 0 Å². The largest absolute Gasteiger partial charge is 0.389 e. The molecule has 0 aliphatic heterocycles. The minimum Gasteiger partial charge on any atom is -0.375 e. The maximum atomic E-state index is 11.8. The van der Waals surface area contributed by atoms with Crippen LogP contribution in [0.15, 0.2) is 0 Å². The molecular weight excluding hydrogens is 245 g/mol. The summed E-state index contributed by atoms with van der Waals surface area (Å²) in [6, 6.07) is 0. The SMILES string of the molecule is CCOC1C(Cl)CC1OCCCC(F)(F)F. The summed E-state index contributed by atoms with van der Waals surface area (Å²) in [4.78, 5) is 0. The molecule has 0 saturated heterocycles. The van der Waals surface area contributed by atoms with E-state index in [1.807, 2.05) is 6.92 Å². The Kier molecular flexibility index (Phi) is 5.34. The molecule has 0 bridgehead atoms. The van der Waals surface area contributed by atoms with Crippen LogP contribution in [0.4, 0.5) is 13.2 Å². The molecule has 0 aromatic heterocycles. The standard InChI is InChI=1S/C10H16ClF3O2/c1-2-15-9-7(11)6-8(9)16-5-3-4-10(12,13)14/h7-9H,2-6H2,1H3. The molecule has 1 aliphatic rings. The molecule has 1 saturated carbocycles. The van der Waals surface area contributed by atoms with Gasteiger partial charge >= 0.3 is 6.18 Å². The lowest BCUT2D eigenvalue weighted by atomic mass is 9.91. The Labute approximate surface area is 98.0 Å². The summed E-state index contributed by atoms with van der Waals surface area (Å²) in [5.74, 6) is 0. The van der Waals surface area contributed by atoms with E-state index in [9.17, 15) is 13.2 Å². The summed E-state index contributed by atoms with van der Waals surface area (Å²) < 4.78 is 46.1.